The highest BCUT2D eigenvalue weighted by Crippen LogP contribution is 2.19. The van der Waals surface area contributed by atoms with E-state index in [1.54, 1.807) is 12.1 Å². The van der Waals surface area contributed by atoms with E-state index in [1.165, 1.54) is 6.92 Å². The summed E-state index contributed by atoms with van der Waals surface area (Å²) in [6, 6.07) is 5.58. The van der Waals surface area contributed by atoms with Gasteiger partial charge in [-0.3, -0.25) is 9.59 Å². The maximum absolute atomic E-state index is 11.9. The molecule has 1 atom stereocenters. The molecule has 0 aliphatic heterocycles. The van der Waals surface area contributed by atoms with E-state index in [0.717, 1.165) is 23.5 Å². The molecule has 0 spiro atoms. The zero-order chi connectivity index (χ0) is 15.1. The number of aryl methyl sites for hydroxylation is 1. The van der Waals surface area contributed by atoms with Crippen LogP contribution in [0.5, 0.6) is 0 Å². The van der Waals surface area contributed by atoms with Crippen molar-refractivity contribution in [3.05, 3.63) is 23.8 Å². The largest absolute Gasteiger partial charge is 0.326 e. The number of amides is 2. The minimum atomic E-state index is -0.107. The van der Waals surface area contributed by atoms with Crippen molar-refractivity contribution in [1.82, 2.24) is 5.32 Å². The van der Waals surface area contributed by atoms with Gasteiger partial charge in [0.25, 0.3) is 0 Å². The Balaban J connectivity index is 2.62. The lowest BCUT2D eigenvalue weighted by atomic mass is 10.1. The summed E-state index contributed by atoms with van der Waals surface area (Å²) in [4.78, 5) is 22.9. The third-order valence-corrected chi connectivity index (χ3v) is 2.87. The zero-order valence-corrected chi connectivity index (χ0v) is 12.5. The van der Waals surface area contributed by atoms with Crippen LogP contribution in [0.2, 0.25) is 0 Å². The van der Waals surface area contributed by atoms with Crippen molar-refractivity contribution < 1.29 is 9.59 Å². The SMILES string of the molecule is CCNC(C)CC(=O)Nc1ccc(NC(C)=O)c(C)c1. The first-order valence-corrected chi connectivity index (χ1v) is 6.83. The van der Waals surface area contributed by atoms with Crippen LogP contribution in [0.1, 0.15) is 32.8 Å². The van der Waals surface area contributed by atoms with Gasteiger partial charge in [-0.15, -0.1) is 0 Å². The van der Waals surface area contributed by atoms with Crippen LogP contribution in [-0.4, -0.2) is 24.4 Å². The molecule has 0 bridgehead atoms. The van der Waals surface area contributed by atoms with Crippen molar-refractivity contribution in [2.45, 2.75) is 40.2 Å². The van der Waals surface area contributed by atoms with Crippen LogP contribution in [0.4, 0.5) is 11.4 Å². The third kappa shape index (κ3) is 5.40. The average molecular weight is 277 g/mol. The standard InChI is InChI=1S/C15H23N3O2/c1-5-16-11(3)9-15(20)18-13-6-7-14(10(2)8-13)17-12(4)19/h6-8,11,16H,5,9H2,1-4H3,(H,17,19)(H,18,20). The number of carbonyl (C=O) groups is 2. The number of hydrogen-bond acceptors (Lipinski definition) is 3. The molecule has 3 N–H and O–H groups in total. The summed E-state index contributed by atoms with van der Waals surface area (Å²) in [7, 11) is 0. The smallest absolute Gasteiger partial charge is 0.225 e. The molecule has 0 aliphatic rings. The van der Waals surface area contributed by atoms with Gasteiger partial charge in [0.2, 0.25) is 11.8 Å². The Labute approximate surface area is 120 Å². The van der Waals surface area contributed by atoms with E-state index < -0.39 is 0 Å². The van der Waals surface area contributed by atoms with Crippen molar-refractivity contribution >= 4 is 23.2 Å². The Kier molecular flexibility index (Phi) is 6.18. The summed E-state index contributed by atoms with van der Waals surface area (Å²) in [6.45, 7) is 8.20. The van der Waals surface area contributed by atoms with Crippen LogP contribution in [0.15, 0.2) is 18.2 Å². The van der Waals surface area contributed by atoms with Crippen LogP contribution >= 0.6 is 0 Å². The Morgan fingerprint density at radius 3 is 2.50 bits per heavy atom. The van der Waals surface area contributed by atoms with Crippen LogP contribution in [0.3, 0.4) is 0 Å². The van der Waals surface area contributed by atoms with Gasteiger partial charge >= 0.3 is 0 Å². The fraction of sp³-hybridized carbons (Fsp3) is 0.467. The summed E-state index contributed by atoms with van der Waals surface area (Å²) < 4.78 is 0. The normalized spacial score (nSPS) is 11.8. The monoisotopic (exact) mass is 277 g/mol. The van der Waals surface area contributed by atoms with Crippen LogP contribution < -0.4 is 16.0 Å². The zero-order valence-electron chi connectivity index (χ0n) is 12.5. The highest BCUT2D eigenvalue weighted by Gasteiger charge is 2.09. The Bertz CT molecular complexity index is 486. The molecule has 1 aromatic carbocycles. The lowest BCUT2D eigenvalue weighted by Crippen LogP contribution is -2.30. The average Bonchev–Trinajstić information content (AvgIpc) is 2.32. The molecule has 5 nitrogen and oxygen atoms in total. The van der Waals surface area contributed by atoms with Gasteiger partial charge in [0.15, 0.2) is 0 Å². The number of carbonyl (C=O) groups excluding carboxylic acids is 2. The Hall–Kier alpha value is -1.88. The van der Waals surface area contributed by atoms with Crippen molar-refractivity contribution in [2.24, 2.45) is 0 Å². The molecular weight excluding hydrogens is 254 g/mol. The molecule has 5 heteroatoms. The van der Waals surface area contributed by atoms with E-state index in [1.807, 2.05) is 26.8 Å². The predicted octanol–water partition coefficient (Wildman–Crippen LogP) is 2.28. The maximum atomic E-state index is 11.9. The number of anilines is 2. The lowest BCUT2D eigenvalue weighted by Gasteiger charge is -2.13. The molecule has 0 saturated carbocycles. The van der Waals surface area contributed by atoms with E-state index in [4.69, 9.17) is 0 Å². The Morgan fingerprint density at radius 1 is 1.25 bits per heavy atom. The number of rotatable bonds is 6. The van der Waals surface area contributed by atoms with Gasteiger partial charge in [0.05, 0.1) is 0 Å². The van der Waals surface area contributed by atoms with Gasteiger partial charge in [-0.25, -0.2) is 0 Å². The van der Waals surface area contributed by atoms with E-state index in [9.17, 15) is 9.59 Å². The highest BCUT2D eigenvalue weighted by molar-refractivity contribution is 5.93. The minimum Gasteiger partial charge on any atom is -0.326 e. The fourth-order valence-corrected chi connectivity index (χ4v) is 1.98. The molecule has 2 amide bonds. The first-order chi connectivity index (χ1) is 9.42. The summed E-state index contributed by atoms with van der Waals surface area (Å²) >= 11 is 0. The van der Waals surface area contributed by atoms with Crippen molar-refractivity contribution in [3.8, 4) is 0 Å². The first-order valence-electron chi connectivity index (χ1n) is 6.83. The van der Waals surface area contributed by atoms with Crippen LogP contribution in [-0.2, 0) is 9.59 Å². The molecule has 110 valence electrons. The van der Waals surface area contributed by atoms with Crippen LogP contribution in [0.25, 0.3) is 0 Å². The van der Waals surface area contributed by atoms with Gasteiger partial charge < -0.3 is 16.0 Å². The summed E-state index contributed by atoms with van der Waals surface area (Å²) in [5.41, 5.74) is 2.42. The van der Waals surface area contributed by atoms with Gasteiger partial charge in [-0.2, -0.15) is 0 Å². The number of benzene rings is 1. The predicted molar refractivity (Wildman–Crippen MR) is 81.9 cm³/mol. The molecule has 1 unspecified atom stereocenters. The van der Waals surface area contributed by atoms with Crippen molar-refractivity contribution in [2.75, 3.05) is 17.2 Å². The van der Waals surface area contributed by atoms with Gasteiger partial charge in [-0.1, -0.05) is 6.92 Å². The summed E-state index contributed by atoms with van der Waals surface area (Å²) in [5, 5.41) is 8.80. The summed E-state index contributed by atoms with van der Waals surface area (Å²) in [5.74, 6) is -0.130. The van der Waals surface area contributed by atoms with Crippen LogP contribution in [0, 0.1) is 6.92 Å². The minimum absolute atomic E-state index is 0.0230. The number of hydrogen-bond donors (Lipinski definition) is 3. The first kappa shape index (κ1) is 16.2. The maximum Gasteiger partial charge on any atom is 0.225 e. The molecule has 0 aliphatic carbocycles. The van der Waals surface area contributed by atoms with E-state index >= 15 is 0 Å². The molecule has 0 saturated heterocycles. The fourth-order valence-electron chi connectivity index (χ4n) is 1.98. The number of nitrogens with one attached hydrogen (secondary N) is 3. The highest BCUT2D eigenvalue weighted by atomic mass is 16.2. The van der Waals surface area contributed by atoms with Gasteiger partial charge in [0, 0.05) is 30.8 Å². The van der Waals surface area contributed by atoms with Gasteiger partial charge in [0.1, 0.15) is 0 Å². The second-order valence-corrected chi connectivity index (χ2v) is 4.92. The Morgan fingerprint density at radius 2 is 1.95 bits per heavy atom. The molecule has 20 heavy (non-hydrogen) atoms. The van der Waals surface area contributed by atoms with Crippen molar-refractivity contribution in [1.29, 1.82) is 0 Å². The lowest BCUT2D eigenvalue weighted by molar-refractivity contribution is -0.116. The van der Waals surface area contributed by atoms with E-state index in [-0.39, 0.29) is 17.9 Å². The molecule has 1 rings (SSSR count). The molecular formula is C15H23N3O2. The summed E-state index contributed by atoms with van der Waals surface area (Å²) in [6.07, 6.45) is 0.431. The second-order valence-electron chi connectivity index (χ2n) is 4.92. The van der Waals surface area contributed by atoms with Crippen molar-refractivity contribution in [3.63, 3.8) is 0 Å². The molecule has 1 aromatic rings. The van der Waals surface area contributed by atoms with Gasteiger partial charge in [-0.05, 0) is 44.2 Å². The third-order valence-electron chi connectivity index (χ3n) is 2.87. The van der Waals surface area contributed by atoms with E-state index in [2.05, 4.69) is 16.0 Å². The quantitative estimate of drug-likeness (QED) is 0.747. The molecule has 0 aromatic heterocycles. The molecule has 0 heterocycles. The second kappa shape index (κ2) is 7.65. The van der Waals surface area contributed by atoms with E-state index in [0.29, 0.717) is 6.42 Å². The molecule has 0 radical (unpaired) electrons. The topological polar surface area (TPSA) is 70.2 Å². The molecule has 0 fully saturated rings.